The summed E-state index contributed by atoms with van der Waals surface area (Å²) < 4.78 is 35.1. The van der Waals surface area contributed by atoms with E-state index < -0.39 is 10.2 Å². The van der Waals surface area contributed by atoms with Gasteiger partial charge in [-0.25, -0.2) is 0 Å². The van der Waals surface area contributed by atoms with E-state index in [0.29, 0.717) is 19.0 Å². The van der Waals surface area contributed by atoms with Crippen molar-refractivity contribution in [3.63, 3.8) is 0 Å². The monoisotopic (exact) mass is 324 g/mol. The molecule has 6 heteroatoms. The van der Waals surface area contributed by atoms with Crippen molar-refractivity contribution in [1.82, 2.24) is 9.03 Å². The summed E-state index contributed by atoms with van der Waals surface area (Å²) in [7, 11) is -1.78. The molecular formula is C16H24N2O3S. The number of rotatable bonds is 7. The predicted octanol–water partition coefficient (Wildman–Crippen LogP) is 2.25. The summed E-state index contributed by atoms with van der Waals surface area (Å²) in [4.78, 5) is 0. The molecule has 0 aromatic heterocycles. The van der Waals surface area contributed by atoms with Gasteiger partial charge in [-0.3, -0.25) is 0 Å². The summed E-state index contributed by atoms with van der Waals surface area (Å²) in [5.74, 6) is 1.40. The second-order valence-corrected chi connectivity index (χ2v) is 7.84. The molecule has 1 atom stereocenters. The lowest BCUT2D eigenvalue weighted by molar-refractivity contribution is 0.397. The molecule has 0 aliphatic heterocycles. The second kappa shape index (κ2) is 6.18. The fourth-order valence-corrected chi connectivity index (χ4v) is 4.67. The van der Waals surface area contributed by atoms with Gasteiger partial charge in [-0.15, -0.1) is 0 Å². The van der Waals surface area contributed by atoms with Gasteiger partial charge in [-0.2, -0.15) is 17.4 Å². The Morgan fingerprint density at radius 2 is 2.09 bits per heavy atom. The summed E-state index contributed by atoms with van der Waals surface area (Å²) >= 11 is 0. The topological polar surface area (TPSA) is 58.6 Å². The average molecular weight is 324 g/mol. The largest absolute Gasteiger partial charge is 0.496 e. The van der Waals surface area contributed by atoms with Gasteiger partial charge in [0.15, 0.2) is 0 Å². The van der Waals surface area contributed by atoms with Gasteiger partial charge in [-0.1, -0.05) is 19.1 Å². The molecule has 0 heterocycles. The van der Waals surface area contributed by atoms with Crippen molar-refractivity contribution >= 4 is 10.2 Å². The fourth-order valence-electron chi connectivity index (χ4n) is 3.17. The van der Waals surface area contributed by atoms with Crippen molar-refractivity contribution in [3.8, 4) is 5.75 Å². The molecule has 122 valence electrons. The predicted molar refractivity (Wildman–Crippen MR) is 86.1 cm³/mol. The molecular weight excluding hydrogens is 300 g/mol. The molecule has 2 aliphatic rings. The quantitative estimate of drug-likeness (QED) is 0.837. The van der Waals surface area contributed by atoms with E-state index in [1.54, 1.807) is 11.4 Å². The standard InChI is InChI=1S/C16H24N2O3S/c1-3-18(11-12-7-8-12)22(19,20)17-15-10-9-14-13(15)5-4-6-16(14)21-2/h4-6,12,15,17H,3,7-11H2,1-2H3/t15-/m0/s1. The van der Waals surface area contributed by atoms with Gasteiger partial charge in [0.2, 0.25) is 0 Å². The van der Waals surface area contributed by atoms with Crippen molar-refractivity contribution in [3.05, 3.63) is 29.3 Å². The smallest absolute Gasteiger partial charge is 0.280 e. The molecule has 0 saturated heterocycles. The number of methoxy groups -OCH3 is 1. The zero-order valence-electron chi connectivity index (χ0n) is 13.2. The van der Waals surface area contributed by atoms with Crippen molar-refractivity contribution in [1.29, 1.82) is 0 Å². The van der Waals surface area contributed by atoms with E-state index in [0.717, 1.165) is 42.6 Å². The van der Waals surface area contributed by atoms with Gasteiger partial charge >= 0.3 is 0 Å². The first kappa shape index (κ1) is 15.8. The molecule has 1 saturated carbocycles. The average Bonchev–Trinajstić information content (AvgIpc) is 3.25. The Bertz CT molecular complexity index is 641. The third kappa shape index (κ3) is 3.14. The van der Waals surface area contributed by atoms with Gasteiger partial charge in [0.25, 0.3) is 10.2 Å². The van der Waals surface area contributed by atoms with E-state index in [1.807, 2.05) is 25.1 Å². The van der Waals surface area contributed by atoms with Crippen molar-refractivity contribution in [2.24, 2.45) is 5.92 Å². The number of fused-ring (bicyclic) bond motifs is 1. The van der Waals surface area contributed by atoms with Crippen molar-refractivity contribution < 1.29 is 13.2 Å². The zero-order valence-corrected chi connectivity index (χ0v) is 14.0. The van der Waals surface area contributed by atoms with Crippen LogP contribution in [-0.4, -0.2) is 32.9 Å². The van der Waals surface area contributed by atoms with Crippen LogP contribution in [0.15, 0.2) is 18.2 Å². The van der Waals surface area contributed by atoms with Crippen LogP contribution in [0.1, 0.15) is 43.4 Å². The van der Waals surface area contributed by atoms with Crippen LogP contribution in [-0.2, 0) is 16.6 Å². The van der Waals surface area contributed by atoms with Crippen molar-refractivity contribution in [2.45, 2.75) is 38.6 Å². The molecule has 0 unspecified atom stereocenters. The van der Waals surface area contributed by atoms with E-state index in [-0.39, 0.29) is 6.04 Å². The Labute approximate surface area is 132 Å². The molecule has 1 aromatic carbocycles. The highest BCUT2D eigenvalue weighted by Gasteiger charge is 2.33. The number of nitrogens with one attached hydrogen (secondary N) is 1. The molecule has 5 nitrogen and oxygen atoms in total. The molecule has 0 radical (unpaired) electrons. The normalized spacial score (nSPS) is 21.1. The van der Waals surface area contributed by atoms with Crippen molar-refractivity contribution in [2.75, 3.05) is 20.2 Å². The van der Waals surface area contributed by atoms with Crippen LogP contribution in [0.4, 0.5) is 0 Å². The number of benzene rings is 1. The lowest BCUT2D eigenvalue weighted by Gasteiger charge is -2.23. The highest BCUT2D eigenvalue weighted by Crippen LogP contribution is 2.37. The SMILES string of the molecule is CCN(CC1CC1)S(=O)(=O)N[C@H]1CCc2c(OC)cccc21. The van der Waals surface area contributed by atoms with Gasteiger partial charge in [-0.05, 0) is 48.8 Å². The first-order chi connectivity index (χ1) is 10.5. The van der Waals surface area contributed by atoms with Gasteiger partial charge in [0, 0.05) is 19.1 Å². The highest BCUT2D eigenvalue weighted by atomic mass is 32.2. The number of ether oxygens (including phenoxy) is 1. The Kier molecular flexibility index (Phi) is 4.43. The van der Waals surface area contributed by atoms with E-state index in [4.69, 9.17) is 4.74 Å². The Morgan fingerprint density at radius 3 is 2.73 bits per heavy atom. The number of nitrogens with zero attached hydrogens (tertiary/aromatic N) is 1. The summed E-state index contributed by atoms with van der Waals surface area (Å²) in [5.41, 5.74) is 2.17. The minimum absolute atomic E-state index is 0.150. The minimum atomic E-state index is -3.43. The maximum Gasteiger partial charge on any atom is 0.280 e. The maximum atomic E-state index is 12.6. The third-order valence-electron chi connectivity index (χ3n) is 4.59. The lowest BCUT2D eigenvalue weighted by Crippen LogP contribution is -2.42. The first-order valence-electron chi connectivity index (χ1n) is 7.98. The summed E-state index contributed by atoms with van der Waals surface area (Å²) in [6.07, 6.45) is 3.93. The van der Waals surface area contributed by atoms with Gasteiger partial charge in [0.1, 0.15) is 5.75 Å². The van der Waals surface area contributed by atoms with Crippen LogP contribution in [0.5, 0.6) is 5.75 Å². The van der Waals surface area contributed by atoms with Gasteiger partial charge in [0.05, 0.1) is 7.11 Å². The molecule has 1 aromatic rings. The molecule has 0 amide bonds. The van der Waals surface area contributed by atoms with Crippen LogP contribution in [0, 0.1) is 5.92 Å². The molecule has 3 rings (SSSR count). The van der Waals surface area contributed by atoms with Crippen LogP contribution in [0.25, 0.3) is 0 Å². The first-order valence-corrected chi connectivity index (χ1v) is 9.42. The van der Waals surface area contributed by atoms with Crippen LogP contribution >= 0.6 is 0 Å². The van der Waals surface area contributed by atoms with E-state index in [1.165, 1.54) is 0 Å². The molecule has 22 heavy (non-hydrogen) atoms. The fraction of sp³-hybridized carbons (Fsp3) is 0.625. The summed E-state index contributed by atoms with van der Waals surface area (Å²) in [5, 5.41) is 0. The summed E-state index contributed by atoms with van der Waals surface area (Å²) in [6.45, 7) is 3.06. The highest BCUT2D eigenvalue weighted by molar-refractivity contribution is 7.87. The Balaban J connectivity index is 1.77. The number of hydrogen-bond acceptors (Lipinski definition) is 3. The second-order valence-electron chi connectivity index (χ2n) is 6.14. The minimum Gasteiger partial charge on any atom is -0.496 e. The van der Waals surface area contributed by atoms with E-state index >= 15 is 0 Å². The molecule has 0 spiro atoms. The van der Waals surface area contributed by atoms with E-state index in [2.05, 4.69) is 4.72 Å². The van der Waals surface area contributed by atoms with Gasteiger partial charge < -0.3 is 4.74 Å². The molecule has 1 fully saturated rings. The zero-order chi connectivity index (χ0) is 15.7. The Morgan fingerprint density at radius 1 is 1.32 bits per heavy atom. The molecule has 2 aliphatic carbocycles. The Hall–Kier alpha value is -1.11. The maximum absolute atomic E-state index is 12.6. The lowest BCUT2D eigenvalue weighted by atomic mass is 10.1. The van der Waals surface area contributed by atoms with Crippen LogP contribution < -0.4 is 9.46 Å². The van der Waals surface area contributed by atoms with E-state index in [9.17, 15) is 8.42 Å². The third-order valence-corrected chi connectivity index (χ3v) is 6.26. The molecule has 0 bridgehead atoms. The number of hydrogen-bond donors (Lipinski definition) is 1. The summed E-state index contributed by atoms with van der Waals surface area (Å²) in [6, 6.07) is 5.70. The van der Waals surface area contributed by atoms with Crippen LogP contribution in [0.2, 0.25) is 0 Å². The van der Waals surface area contributed by atoms with Crippen LogP contribution in [0.3, 0.4) is 0 Å². The molecule has 1 N–H and O–H groups in total.